The molecule has 0 saturated carbocycles. The zero-order valence-corrected chi connectivity index (χ0v) is 11.4. The van der Waals surface area contributed by atoms with Gasteiger partial charge in [0.15, 0.2) is 0 Å². The fourth-order valence-electron chi connectivity index (χ4n) is 2.89. The Labute approximate surface area is 113 Å². The smallest absolute Gasteiger partial charge is 0.123 e. The first-order valence-electron chi connectivity index (χ1n) is 7.16. The SMILES string of the molecule is CCCN(CC1Cc2cc(F)ccc2O1)C1CNC1. The molecule has 3 nitrogen and oxygen atoms in total. The summed E-state index contributed by atoms with van der Waals surface area (Å²) >= 11 is 0. The van der Waals surface area contributed by atoms with Crippen molar-refractivity contribution in [3.8, 4) is 5.75 Å². The van der Waals surface area contributed by atoms with E-state index < -0.39 is 0 Å². The van der Waals surface area contributed by atoms with Crippen LogP contribution in [0.3, 0.4) is 0 Å². The zero-order chi connectivity index (χ0) is 13.2. The van der Waals surface area contributed by atoms with Crippen LogP contribution in [0.4, 0.5) is 4.39 Å². The molecular formula is C15H21FN2O. The van der Waals surface area contributed by atoms with Crippen LogP contribution in [0.1, 0.15) is 18.9 Å². The minimum atomic E-state index is -0.170. The molecule has 3 rings (SSSR count). The Morgan fingerprint density at radius 2 is 2.26 bits per heavy atom. The van der Waals surface area contributed by atoms with Crippen LogP contribution in [0, 0.1) is 5.82 Å². The number of nitrogens with zero attached hydrogens (tertiary/aromatic N) is 1. The van der Waals surface area contributed by atoms with Gasteiger partial charge in [0.05, 0.1) is 0 Å². The van der Waals surface area contributed by atoms with Crippen LogP contribution in [0.2, 0.25) is 0 Å². The fraction of sp³-hybridized carbons (Fsp3) is 0.600. The molecular weight excluding hydrogens is 243 g/mol. The van der Waals surface area contributed by atoms with E-state index in [-0.39, 0.29) is 11.9 Å². The van der Waals surface area contributed by atoms with Crippen LogP contribution in [0.15, 0.2) is 18.2 Å². The van der Waals surface area contributed by atoms with Crippen molar-refractivity contribution < 1.29 is 9.13 Å². The molecule has 0 radical (unpaired) electrons. The van der Waals surface area contributed by atoms with Gasteiger partial charge < -0.3 is 10.1 Å². The molecule has 0 bridgehead atoms. The molecule has 1 N–H and O–H groups in total. The highest BCUT2D eigenvalue weighted by Crippen LogP contribution is 2.29. The van der Waals surface area contributed by atoms with E-state index >= 15 is 0 Å². The Kier molecular flexibility index (Phi) is 3.71. The normalized spacial score (nSPS) is 22.2. The molecule has 1 atom stereocenters. The van der Waals surface area contributed by atoms with E-state index in [1.807, 2.05) is 0 Å². The molecule has 1 aromatic rings. The molecule has 0 spiro atoms. The van der Waals surface area contributed by atoms with E-state index in [2.05, 4.69) is 17.1 Å². The van der Waals surface area contributed by atoms with Crippen molar-refractivity contribution in [1.82, 2.24) is 10.2 Å². The van der Waals surface area contributed by atoms with E-state index in [1.54, 1.807) is 12.1 Å². The maximum absolute atomic E-state index is 13.2. The van der Waals surface area contributed by atoms with Gasteiger partial charge in [0.1, 0.15) is 17.7 Å². The summed E-state index contributed by atoms with van der Waals surface area (Å²) in [6.45, 7) is 6.41. The van der Waals surface area contributed by atoms with Crippen molar-refractivity contribution in [3.05, 3.63) is 29.6 Å². The van der Waals surface area contributed by atoms with Crippen LogP contribution < -0.4 is 10.1 Å². The summed E-state index contributed by atoms with van der Waals surface area (Å²) in [5.41, 5.74) is 1.01. The van der Waals surface area contributed by atoms with E-state index in [0.29, 0.717) is 6.04 Å². The second-order valence-electron chi connectivity index (χ2n) is 5.50. The Hall–Kier alpha value is -1.13. The second kappa shape index (κ2) is 5.47. The van der Waals surface area contributed by atoms with Crippen LogP contribution in [0.25, 0.3) is 0 Å². The van der Waals surface area contributed by atoms with Gasteiger partial charge in [-0.2, -0.15) is 0 Å². The van der Waals surface area contributed by atoms with Crippen molar-refractivity contribution in [3.63, 3.8) is 0 Å². The van der Waals surface area contributed by atoms with E-state index in [9.17, 15) is 4.39 Å². The largest absolute Gasteiger partial charge is 0.488 e. The highest BCUT2D eigenvalue weighted by molar-refractivity contribution is 5.37. The average Bonchev–Trinajstić information content (AvgIpc) is 2.68. The molecule has 0 aliphatic carbocycles. The van der Waals surface area contributed by atoms with Gasteiger partial charge in [0.25, 0.3) is 0 Å². The molecule has 1 aromatic carbocycles. The number of nitrogens with one attached hydrogen (secondary N) is 1. The van der Waals surface area contributed by atoms with Crippen molar-refractivity contribution >= 4 is 0 Å². The first-order valence-corrected chi connectivity index (χ1v) is 7.16. The summed E-state index contributed by atoms with van der Waals surface area (Å²) in [6, 6.07) is 5.47. The van der Waals surface area contributed by atoms with Gasteiger partial charge in [-0.3, -0.25) is 4.90 Å². The molecule has 19 heavy (non-hydrogen) atoms. The summed E-state index contributed by atoms with van der Waals surface area (Å²) < 4.78 is 19.1. The summed E-state index contributed by atoms with van der Waals surface area (Å²) in [5, 5.41) is 3.32. The topological polar surface area (TPSA) is 24.5 Å². The third-order valence-electron chi connectivity index (χ3n) is 3.99. The molecule has 4 heteroatoms. The molecule has 0 aromatic heterocycles. The number of fused-ring (bicyclic) bond motifs is 1. The average molecular weight is 264 g/mol. The third kappa shape index (κ3) is 2.74. The highest BCUT2D eigenvalue weighted by Gasteiger charge is 2.30. The highest BCUT2D eigenvalue weighted by atomic mass is 19.1. The number of ether oxygens (including phenoxy) is 1. The predicted molar refractivity (Wildman–Crippen MR) is 73.0 cm³/mol. The molecule has 1 fully saturated rings. The summed E-state index contributed by atoms with van der Waals surface area (Å²) in [5.74, 6) is 0.686. The van der Waals surface area contributed by atoms with Gasteiger partial charge in [-0.1, -0.05) is 6.92 Å². The number of benzene rings is 1. The molecule has 0 amide bonds. The maximum Gasteiger partial charge on any atom is 0.123 e. The minimum Gasteiger partial charge on any atom is -0.488 e. The van der Waals surface area contributed by atoms with Crippen LogP contribution in [0.5, 0.6) is 5.75 Å². The van der Waals surface area contributed by atoms with Gasteiger partial charge in [0.2, 0.25) is 0 Å². The Morgan fingerprint density at radius 3 is 2.95 bits per heavy atom. The van der Waals surface area contributed by atoms with Gasteiger partial charge in [-0.05, 0) is 31.2 Å². The molecule has 2 aliphatic heterocycles. The molecule has 1 saturated heterocycles. The summed E-state index contributed by atoms with van der Waals surface area (Å²) in [7, 11) is 0. The lowest BCUT2D eigenvalue weighted by molar-refractivity contribution is 0.0903. The number of hydrogen-bond donors (Lipinski definition) is 1. The molecule has 2 aliphatic rings. The lowest BCUT2D eigenvalue weighted by Crippen LogP contribution is -2.59. The van der Waals surface area contributed by atoms with Gasteiger partial charge in [-0.25, -0.2) is 4.39 Å². The van der Waals surface area contributed by atoms with Gasteiger partial charge in [0, 0.05) is 37.7 Å². The number of rotatable bonds is 5. The standard InChI is InChI=1S/C15H21FN2O/c1-2-5-18(13-8-17-9-13)10-14-7-11-6-12(16)3-4-15(11)19-14/h3-4,6,13-14,17H,2,5,7-10H2,1H3. The second-order valence-corrected chi connectivity index (χ2v) is 5.50. The zero-order valence-electron chi connectivity index (χ0n) is 11.4. The quantitative estimate of drug-likeness (QED) is 0.878. The monoisotopic (exact) mass is 264 g/mol. The predicted octanol–water partition coefficient (Wildman–Crippen LogP) is 1.81. The minimum absolute atomic E-state index is 0.170. The van der Waals surface area contributed by atoms with Crippen molar-refractivity contribution in [2.24, 2.45) is 0 Å². The van der Waals surface area contributed by atoms with Crippen molar-refractivity contribution in [2.75, 3.05) is 26.2 Å². The lowest BCUT2D eigenvalue weighted by atomic mass is 10.1. The molecule has 1 unspecified atom stereocenters. The maximum atomic E-state index is 13.2. The van der Waals surface area contributed by atoms with Crippen LogP contribution >= 0.6 is 0 Å². The van der Waals surface area contributed by atoms with E-state index in [4.69, 9.17) is 4.74 Å². The Morgan fingerprint density at radius 1 is 1.42 bits per heavy atom. The first kappa shape index (κ1) is 12.9. The summed E-state index contributed by atoms with van der Waals surface area (Å²) in [6.07, 6.45) is 2.15. The number of hydrogen-bond acceptors (Lipinski definition) is 3. The van der Waals surface area contributed by atoms with Gasteiger partial charge in [-0.15, -0.1) is 0 Å². The summed E-state index contributed by atoms with van der Waals surface area (Å²) in [4.78, 5) is 2.50. The first-order chi connectivity index (χ1) is 9.26. The molecule has 104 valence electrons. The third-order valence-corrected chi connectivity index (χ3v) is 3.99. The van der Waals surface area contributed by atoms with Crippen LogP contribution in [-0.4, -0.2) is 43.2 Å². The van der Waals surface area contributed by atoms with E-state index in [0.717, 1.165) is 50.3 Å². The Balaban J connectivity index is 1.62. The van der Waals surface area contributed by atoms with Crippen molar-refractivity contribution in [1.29, 1.82) is 0 Å². The van der Waals surface area contributed by atoms with Crippen LogP contribution in [-0.2, 0) is 6.42 Å². The van der Waals surface area contributed by atoms with Crippen molar-refractivity contribution in [2.45, 2.75) is 31.9 Å². The van der Waals surface area contributed by atoms with Gasteiger partial charge >= 0.3 is 0 Å². The fourth-order valence-corrected chi connectivity index (χ4v) is 2.89. The lowest BCUT2D eigenvalue weighted by Gasteiger charge is -2.39. The molecule has 2 heterocycles. The number of halogens is 1. The Bertz CT molecular complexity index is 448. The van der Waals surface area contributed by atoms with E-state index in [1.165, 1.54) is 6.07 Å².